The Labute approximate surface area is 94.8 Å². The van der Waals surface area contributed by atoms with Crippen molar-refractivity contribution in [3.8, 4) is 0 Å². The van der Waals surface area contributed by atoms with Crippen molar-refractivity contribution >= 4 is 5.57 Å². The van der Waals surface area contributed by atoms with Crippen LogP contribution in [-0.2, 0) is 0 Å². The van der Waals surface area contributed by atoms with Crippen LogP contribution in [0.15, 0.2) is 54.4 Å². The molecule has 0 aliphatic heterocycles. The highest BCUT2D eigenvalue weighted by Crippen LogP contribution is 2.20. The van der Waals surface area contributed by atoms with Gasteiger partial charge in [-0.05, 0) is 22.7 Å². The Kier molecular flexibility index (Phi) is 4.57. The van der Waals surface area contributed by atoms with E-state index in [1.165, 1.54) is 0 Å². The van der Waals surface area contributed by atoms with Gasteiger partial charge in [-0.15, -0.1) is 4.91 Å². The molecule has 0 aliphatic carbocycles. The van der Waals surface area contributed by atoms with Gasteiger partial charge >= 0.3 is 0 Å². The predicted octanol–water partition coefficient (Wildman–Crippen LogP) is 2.20. The van der Waals surface area contributed by atoms with E-state index >= 15 is 0 Å². The third-order valence-electron chi connectivity index (χ3n) is 2.35. The smallest absolute Gasteiger partial charge is 0.0963 e. The fourth-order valence-corrected chi connectivity index (χ4v) is 1.37. The second-order valence-corrected chi connectivity index (χ2v) is 3.48. The zero-order valence-corrected chi connectivity index (χ0v) is 9.02. The summed E-state index contributed by atoms with van der Waals surface area (Å²) in [6, 6.07) is 9.32. The minimum absolute atomic E-state index is 0.180. The molecule has 0 spiro atoms. The first-order valence-electron chi connectivity index (χ1n) is 4.90. The van der Waals surface area contributed by atoms with Gasteiger partial charge < -0.3 is 0 Å². The molecule has 1 aromatic rings. The van der Waals surface area contributed by atoms with E-state index in [1.807, 2.05) is 30.3 Å². The molecule has 1 aromatic carbocycles. The number of hydrogen-bond acceptors (Lipinski definition) is 4. The summed E-state index contributed by atoms with van der Waals surface area (Å²) >= 11 is 0. The van der Waals surface area contributed by atoms with E-state index in [-0.39, 0.29) is 11.7 Å². The van der Waals surface area contributed by atoms with E-state index in [9.17, 15) is 4.91 Å². The van der Waals surface area contributed by atoms with Crippen molar-refractivity contribution in [2.45, 2.75) is 12.5 Å². The molecule has 0 bridgehead atoms. The lowest BCUT2D eigenvalue weighted by Crippen LogP contribution is -2.36. The zero-order valence-electron chi connectivity index (χ0n) is 9.02. The predicted molar refractivity (Wildman–Crippen MR) is 66.1 cm³/mol. The van der Waals surface area contributed by atoms with Crippen LogP contribution in [-0.4, -0.2) is 6.04 Å². The molecule has 0 aromatic heterocycles. The summed E-state index contributed by atoms with van der Waals surface area (Å²) in [5.41, 5.74) is 4.58. The molecule has 1 atom stereocenters. The van der Waals surface area contributed by atoms with Gasteiger partial charge in [0.1, 0.15) is 0 Å². The summed E-state index contributed by atoms with van der Waals surface area (Å²) in [7, 11) is 0. The monoisotopic (exact) mass is 217 g/mol. The molecule has 0 radical (unpaired) electrons. The van der Waals surface area contributed by atoms with Gasteiger partial charge in [-0.1, -0.05) is 43.5 Å². The number of hydrogen-bond donors (Lipinski definition) is 2. The van der Waals surface area contributed by atoms with E-state index in [1.54, 1.807) is 0 Å². The third kappa shape index (κ3) is 3.12. The lowest BCUT2D eigenvalue weighted by molar-refractivity contribution is 0.601. The standard InChI is InChI=1S/C12H15N3O/c1-9(11-6-4-3-5-7-11)8-12(14-13)10(2)15-16/h3-7,12,14H,1-2,8,13H2. The SMILES string of the molecule is C=C(CC(NN)C(=C)N=O)c1ccccc1. The number of benzene rings is 1. The lowest BCUT2D eigenvalue weighted by atomic mass is 9.99. The van der Waals surface area contributed by atoms with Gasteiger partial charge in [0.15, 0.2) is 0 Å². The van der Waals surface area contributed by atoms with Gasteiger partial charge in [0.05, 0.1) is 11.7 Å². The molecule has 0 saturated carbocycles. The Hall–Kier alpha value is -1.78. The van der Waals surface area contributed by atoms with Crippen LogP contribution in [0.3, 0.4) is 0 Å². The summed E-state index contributed by atoms with van der Waals surface area (Å²) < 4.78 is 0. The number of rotatable bonds is 6. The maximum Gasteiger partial charge on any atom is 0.0963 e. The van der Waals surface area contributed by atoms with Gasteiger partial charge in [0.2, 0.25) is 0 Å². The van der Waals surface area contributed by atoms with E-state index in [4.69, 9.17) is 5.84 Å². The molecule has 0 aliphatic rings. The molecule has 1 rings (SSSR count). The molecule has 4 heteroatoms. The quantitative estimate of drug-likeness (QED) is 0.436. The van der Waals surface area contributed by atoms with Gasteiger partial charge in [-0.2, -0.15) is 0 Å². The van der Waals surface area contributed by atoms with Crippen molar-refractivity contribution in [1.29, 1.82) is 0 Å². The van der Waals surface area contributed by atoms with Crippen LogP contribution < -0.4 is 11.3 Å². The molecular weight excluding hydrogens is 202 g/mol. The molecule has 16 heavy (non-hydrogen) atoms. The van der Waals surface area contributed by atoms with Gasteiger partial charge in [0, 0.05) is 0 Å². The Morgan fingerprint density at radius 1 is 1.38 bits per heavy atom. The fraction of sp³-hybridized carbons (Fsp3) is 0.167. The van der Waals surface area contributed by atoms with Crippen molar-refractivity contribution in [2.24, 2.45) is 11.0 Å². The summed E-state index contributed by atoms with van der Waals surface area (Å²) in [6.07, 6.45) is 0.505. The topological polar surface area (TPSA) is 67.5 Å². The first kappa shape index (κ1) is 12.3. The Morgan fingerprint density at radius 3 is 2.50 bits per heavy atom. The molecule has 1 unspecified atom stereocenters. The Bertz CT molecular complexity index is 387. The Balaban J connectivity index is 2.70. The largest absolute Gasteiger partial charge is 0.271 e. The van der Waals surface area contributed by atoms with Crippen LogP contribution in [0.2, 0.25) is 0 Å². The number of nitrogens with two attached hydrogens (primary N) is 1. The normalized spacial score (nSPS) is 11.8. The first-order valence-corrected chi connectivity index (χ1v) is 4.90. The minimum Gasteiger partial charge on any atom is -0.271 e. The molecule has 0 saturated heterocycles. The number of nitroso groups, excluding NO2 is 1. The van der Waals surface area contributed by atoms with E-state index in [2.05, 4.69) is 23.8 Å². The van der Waals surface area contributed by atoms with E-state index in [0.29, 0.717) is 6.42 Å². The highest BCUT2D eigenvalue weighted by atomic mass is 16.3. The van der Waals surface area contributed by atoms with Crippen LogP contribution in [0.25, 0.3) is 5.57 Å². The third-order valence-corrected chi connectivity index (χ3v) is 2.35. The van der Waals surface area contributed by atoms with Crippen molar-refractivity contribution in [2.75, 3.05) is 0 Å². The lowest BCUT2D eigenvalue weighted by Gasteiger charge is -2.15. The van der Waals surface area contributed by atoms with Crippen molar-refractivity contribution in [3.63, 3.8) is 0 Å². The van der Waals surface area contributed by atoms with E-state index < -0.39 is 0 Å². The van der Waals surface area contributed by atoms with Gasteiger partial charge in [-0.25, -0.2) is 0 Å². The molecule has 4 nitrogen and oxygen atoms in total. The fourth-order valence-electron chi connectivity index (χ4n) is 1.37. The van der Waals surface area contributed by atoms with Crippen molar-refractivity contribution in [1.82, 2.24) is 5.43 Å². The Morgan fingerprint density at radius 2 is 2.00 bits per heavy atom. The number of nitrogens with zero attached hydrogens (tertiary/aromatic N) is 1. The maximum atomic E-state index is 10.3. The first-order chi connectivity index (χ1) is 7.69. The van der Waals surface area contributed by atoms with Crippen LogP contribution in [0.5, 0.6) is 0 Å². The van der Waals surface area contributed by atoms with Crippen molar-refractivity contribution < 1.29 is 0 Å². The average molecular weight is 217 g/mol. The molecule has 0 fully saturated rings. The number of nitrogens with one attached hydrogen (secondary N) is 1. The second kappa shape index (κ2) is 5.95. The molecule has 0 amide bonds. The maximum absolute atomic E-state index is 10.3. The van der Waals surface area contributed by atoms with Crippen LogP contribution in [0.4, 0.5) is 0 Å². The second-order valence-electron chi connectivity index (χ2n) is 3.48. The van der Waals surface area contributed by atoms with Crippen molar-refractivity contribution in [3.05, 3.63) is 59.7 Å². The summed E-state index contributed by atoms with van der Waals surface area (Å²) in [6.45, 7) is 7.48. The molecule has 84 valence electrons. The minimum atomic E-state index is -0.370. The molecular formula is C12H15N3O. The van der Waals surface area contributed by atoms with Crippen LogP contribution in [0.1, 0.15) is 12.0 Å². The molecule has 3 N–H and O–H groups in total. The average Bonchev–Trinajstić information content (AvgIpc) is 2.35. The summed E-state index contributed by atoms with van der Waals surface area (Å²) in [4.78, 5) is 10.3. The van der Waals surface area contributed by atoms with Crippen LogP contribution in [0, 0.1) is 4.91 Å². The van der Waals surface area contributed by atoms with Crippen LogP contribution >= 0.6 is 0 Å². The highest BCUT2D eigenvalue weighted by Gasteiger charge is 2.13. The van der Waals surface area contributed by atoms with Gasteiger partial charge in [0.25, 0.3) is 0 Å². The highest BCUT2D eigenvalue weighted by molar-refractivity contribution is 5.64. The summed E-state index contributed by atoms with van der Waals surface area (Å²) in [5.74, 6) is 5.32. The van der Waals surface area contributed by atoms with E-state index in [0.717, 1.165) is 11.1 Å². The zero-order chi connectivity index (χ0) is 12.0. The molecule has 0 heterocycles. The van der Waals surface area contributed by atoms with Gasteiger partial charge in [-0.3, -0.25) is 11.3 Å². The number of hydrazine groups is 1. The summed E-state index contributed by atoms with van der Waals surface area (Å²) in [5, 5.41) is 2.78.